The molecule has 0 aliphatic carbocycles. The van der Waals surface area contributed by atoms with Crippen LogP contribution >= 0.6 is 0 Å². The van der Waals surface area contributed by atoms with Gasteiger partial charge < -0.3 is 16.4 Å². The molecule has 1 aromatic heterocycles. The van der Waals surface area contributed by atoms with Gasteiger partial charge in [-0.25, -0.2) is 9.37 Å². The fourth-order valence-electron chi connectivity index (χ4n) is 2.06. The second-order valence-corrected chi connectivity index (χ2v) is 4.89. The van der Waals surface area contributed by atoms with Crippen molar-refractivity contribution in [3.63, 3.8) is 0 Å². The Morgan fingerprint density at radius 1 is 1.24 bits per heavy atom. The molecule has 0 unspecified atom stereocenters. The second-order valence-electron chi connectivity index (χ2n) is 4.89. The molecule has 1 heterocycles. The summed E-state index contributed by atoms with van der Waals surface area (Å²) in [5.74, 6) is -0.484. The molecule has 0 spiro atoms. The first kappa shape index (κ1) is 14.7. The van der Waals surface area contributed by atoms with E-state index in [1.165, 1.54) is 12.1 Å². The topological polar surface area (TPSA) is 105 Å². The summed E-state index contributed by atoms with van der Waals surface area (Å²) in [6.45, 7) is 0.558. The van der Waals surface area contributed by atoms with Crippen LogP contribution in [0.15, 0.2) is 18.2 Å². The van der Waals surface area contributed by atoms with Crippen LogP contribution in [0.3, 0.4) is 0 Å². The van der Waals surface area contributed by atoms with Gasteiger partial charge in [0.1, 0.15) is 23.3 Å². The number of anilines is 2. The molecule has 0 atom stereocenters. The number of hydrogen-bond acceptors (Lipinski definition) is 6. The highest BCUT2D eigenvalue weighted by molar-refractivity contribution is 5.73. The quantitative estimate of drug-likeness (QED) is 0.883. The molecule has 0 aliphatic heterocycles. The van der Waals surface area contributed by atoms with Gasteiger partial charge in [-0.3, -0.25) is 0 Å². The molecule has 108 valence electrons. The van der Waals surface area contributed by atoms with Gasteiger partial charge in [-0.2, -0.15) is 10.2 Å². The number of nitrogens with two attached hydrogens (primary N) is 2. The molecule has 6 nitrogen and oxygen atoms in total. The van der Waals surface area contributed by atoms with Gasteiger partial charge in [0.2, 0.25) is 5.95 Å². The molecule has 7 heteroatoms. The summed E-state index contributed by atoms with van der Waals surface area (Å²) < 4.78 is 13.8. The van der Waals surface area contributed by atoms with Crippen molar-refractivity contribution in [1.82, 2.24) is 14.9 Å². The van der Waals surface area contributed by atoms with E-state index in [2.05, 4.69) is 9.97 Å². The first-order valence-corrected chi connectivity index (χ1v) is 6.18. The summed E-state index contributed by atoms with van der Waals surface area (Å²) in [6, 6.07) is 6.41. The van der Waals surface area contributed by atoms with Crippen LogP contribution in [0.5, 0.6) is 0 Å². The molecule has 0 aliphatic rings. The third-order valence-corrected chi connectivity index (χ3v) is 2.80. The predicted octanol–water partition coefficient (Wildman–Crippen LogP) is 1.38. The number of halogens is 1. The van der Waals surface area contributed by atoms with E-state index in [1.54, 1.807) is 6.07 Å². The maximum atomic E-state index is 13.8. The summed E-state index contributed by atoms with van der Waals surface area (Å²) in [5.41, 5.74) is 12.8. The van der Waals surface area contributed by atoms with Crippen LogP contribution in [0.25, 0.3) is 11.3 Å². The summed E-state index contributed by atoms with van der Waals surface area (Å²) in [5, 5.41) is 9.18. The van der Waals surface area contributed by atoms with Crippen LogP contribution < -0.4 is 11.5 Å². The van der Waals surface area contributed by atoms with Crippen LogP contribution in [-0.4, -0.2) is 29.0 Å². The highest BCUT2D eigenvalue weighted by Gasteiger charge is 2.14. The van der Waals surface area contributed by atoms with E-state index in [9.17, 15) is 9.65 Å². The van der Waals surface area contributed by atoms with E-state index in [0.717, 1.165) is 5.56 Å². The molecule has 0 amide bonds. The lowest BCUT2D eigenvalue weighted by molar-refractivity contribution is 0.401. The minimum absolute atomic E-state index is 0.0154. The average molecular weight is 286 g/mol. The van der Waals surface area contributed by atoms with Gasteiger partial charge >= 0.3 is 0 Å². The molecular weight excluding hydrogens is 271 g/mol. The Balaban J connectivity index is 2.62. The van der Waals surface area contributed by atoms with Crippen molar-refractivity contribution < 1.29 is 4.39 Å². The summed E-state index contributed by atoms with van der Waals surface area (Å²) in [4.78, 5) is 9.67. The van der Waals surface area contributed by atoms with Crippen LogP contribution in [0.2, 0.25) is 0 Å². The Morgan fingerprint density at radius 3 is 2.57 bits per heavy atom. The number of nitriles is 1. The van der Waals surface area contributed by atoms with Crippen LogP contribution in [0.1, 0.15) is 11.1 Å². The van der Waals surface area contributed by atoms with Gasteiger partial charge in [-0.05, 0) is 37.9 Å². The normalized spacial score (nSPS) is 10.6. The molecule has 2 rings (SSSR count). The van der Waals surface area contributed by atoms with Crippen molar-refractivity contribution in [3.8, 4) is 17.3 Å². The minimum Gasteiger partial charge on any atom is -0.382 e. The zero-order valence-electron chi connectivity index (χ0n) is 11.8. The summed E-state index contributed by atoms with van der Waals surface area (Å²) in [6.07, 6.45) is 0. The van der Waals surface area contributed by atoms with E-state index in [-0.39, 0.29) is 23.0 Å². The van der Waals surface area contributed by atoms with Gasteiger partial charge in [0.25, 0.3) is 0 Å². The summed E-state index contributed by atoms with van der Waals surface area (Å²) >= 11 is 0. The van der Waals surface area contributed by atoms with E-state index >= 15 is 0 Å². The van der Waals surface area contributed by atoms with Crippen LogP contribution in [-0.2, 0) is 6.54 Å². The standard InChI is InChI=1S/C14H15FN6/c1-21(2)7-8-3-9(5-10(15)4-8)12-11(6-16)13(17)20-14(18)19-12/h3-5H,7H2,1-2H3,(H4,17,18,19,20). The van der Waals surface area contributed by atoms with Crippen molar-refractivity contribution in [1.29, 1.82) is 5.26 Å². The molecular formula is C14H15FN6. The lowest BCUT2D eigenvalue weighted by Gasteiger charge is -2.12. The fraction of sp³-hybridized carbons (Fsp3) is 0.214. The maximum Gasteiger partial charge on any atom is 0.222 e. The molecule has 2 aromatic rings. The number of nitrogen functional groups attached to an aromatic ring is 2. The number of hydrogen-bond donors (Lipinski definition) is 2. The lowest BCUT2D eigenvalue weighted by Crippen LogP contribution is -2.11. The monoisotopic (exact) mass is 286 g/mol. The van der Waals surface area contributed by atoms with E-state index in [4.69, 9.17) is 11.5 Å². The first-order valence-electron chi connectivity index (χ1n) is 6.18. The number of benzene rings is 1. The van der Waals surface area contributed by atoms with Crippen molar-refractivity contribution in [2.75, 3.05) is 25.6 Å². The molecule has 0 bridgehead atoms. The maximum absolute atomic E-state index is 13.8. The largest absolute Gasteiger partial charge is 0.382 e. The molecule has 0 radical (unpaired) electrons. The highest BCUT2D eigenvalue weighted by atomic mass is 19.1. The van der Waals surface area contributed by atoms with Crippen molar-refractivity contribution in [2.45, 2.75) is 6.54 Å². The van der Waals surface area contributed by atoms with Gasteiger partial charge in [-0.15, -0.1) is 0 Å². The third-order valence-electron chi connectivity index (χ3n) is 2.80. The molecule has 0 fully saturated rings. The number of nitrogens with zero attached hydrogens (tertiary/aromatic N) is 4. The van der Waals surface area contributed by atoms with Crippen molar-refractivity contribution >= 4 is 11.8 Å². The smallest absolute Gasteiger partial charge is 0.222 e. The zero-order valence-corrected chi connectivity index (χ0v) is 11.8. The predicted molar refractivity (Wildman–Crippen MR) is 78.4 cm³/mol. The Hall–Kier alpha value is -2.72. The number of rotatable bonds is 3. The Kier molecular flexibility index (Phi) is 4.00. The van der Waals surface area contributed by atoms with Crippen molar-refractivity contribution in [2.24, 2.45) is 0 Å². The van der Waals surface area contributed by atoms with Gasteiger partial charge in [0.05, 0.1) is 5.69 Å². The molecule has 21 heavy (non-hydrogen) atoms. The minimum atomic E-state index is -0.413. The third kappa shape index (κ3) is 3.24. The zero-order chi connectivity index (χ0) is 15.6. The van der Waals surface area contributed by atoms with Crippen LogP contribution in [0.4, 0.5) is 16.2 Å². The second kappa shape index (κ2) is 5.73. The first-order chi connectivity index (χ1) is 9.90. The fourth-order valence-corrected chi connectivity index (χ4v) is 2.06. The van der Waals surface area contributed by atoms with Crippen molar-refractivity contribution in [3.05, 3.63) is 35.1 Å². The van der Waals surface area contributed by atoms with Crippen LogP contribution in [0, 0.1) is 17.1 Å². The van der Waals surface area contributed by atoms with Gasteiger partial charge in [0.15, 0.2) is 0 Å². The van der Waals surface area contributed by atoms with Gasteiger partial charge in [0, 0.05) is 12.1 Å². The Morgan fingerprint density at radius 2 is 1.95 bits per heavy atom. The SMILES string of the molecule is CN(C)Cc1cc(F)cc(-c2nc(N)nc(N)c2C#N)c1. The lowest BCUT2D eigenvalue weighted by atomic mass is 10.0. The Bertz CT molecular complexity index is 720. The molecule has 4 N–H and O–H groups in total. The molecule has 0 saturated heterocycles. The van der Waals surface area contributed by atoms with E-state index in [1.807, 2.05) is 25.1 Å². The summed E-state index contributed by atoms with van der Waals surface area (Å²) in [7, 11) is 3.76. The molecule has 0 saturated carbocycles. The van der Waals surface area contributed by atoms with Gasteiger partial charge in [-0.1, -0.05) is 0 Å². The number of aromatic nitrogens is 2. The Labute approximate surface area is 121 Å². The molecule has 1 aromatic carbocycles. The average Bonchev–Trinajstić information content (AvgIpc) is 2.36. The van der Waals surface area contributed by atoms with E-state index in [0.29, 0.717) is 12.1 Å². The van der Waals surface area contributed by atoms with E-state index < -0.39 is 5.82 Å². The highest BCUT2D eigenvalue weighted by Crippen LogP contribution is 2.27.